The van der Waals surface area contributed by atoms with Gasteiger partial charge in [0.15, 0.2) is 5.11 Å². The number of allylic oxidation sites excluding steroid dienone is 1. The third-order valence-corrected chi connectivity index (χ3v) is 5.08. The van der Waals surface area contributed by atoms with Gasteiger partial charge in [0.1, 0.15) is 18.1 Å². The maximum atomic E-state index is 13.0. The first-order chi connectivity index (χ1) is 14.5. The first-order valence-electron chi connectivity index (χ1n) is 9.37. The molecule has 1 aliphatic rings. The maximum Gasteiger partial charge on any atom is 0.338 e. The van der Waals surface area contributed by atoms with E-state index in [-0.39, 0.29) is 12.4 Å². The fourth-order valence-corrected chi connectivity index (χ4v) is 3.68. The molecule has 0 fully saturated rings. The molecule has 3 rings (SSSR count). The molecule has 30 heavy (non-hydrogen) atoms. The van der Waals surface area contributed by atoms with E-state index in [0.717, 1.165) is 5.56 Å². The normalized spacial score (nSPS) is 16.3. The lowest BCUT2D eigenvalue weighted by Crippen LogP contribution is -2.48. The number of carbonyl (C=O) groups excluding carboxylic acids is 1. The lowest BCUT2D eigenvalue weighted by atomic mass is 9.94. The highest BCUT2D eigenvalue weighted by atomic mass is 32.1. The van der Waals surface area contributed by atoms with Crippen LogP contribution in [0.5, 0.6) is 11.5 Å². The van der Waals surface area contributed by atoms with Gasteiger partial charge in [-0.15, -0.1) is 0 Å². The summed E-state index contributed by atoms with van der Waals surface area (Å²) in [6.45, 7) is 2.25. The largest absolute Gasteiger partial charge is 0.508 e. The number of phenolic OH excluding ortho intramolecular Hbond substituents is 1. The van der Waals surface area contributed by atoms with Crippen LogP contribution in [0.4, 0.5) is 5.69 Å². The Morgan fingerprint density at radius 1 is 1.13 bits per heavy atom. The van der Waals surface area contributed by atoms with Crippen molar-refractivity contribution in [3.05, 3.63) is 65.4 Å². The summed E-state index contributed by atoms with van der Waals surface area (Å²) >= 11 is 5.65. The Morgan fingerprint density at radius 3 is 2.50 bits per heavy atom. The number of rotatable bonds is 7. The Morgan fingerprint density at radius 2 is 1.83 bits per heavy atom. The molecule has 8 heteroatoms. The summed E-state index contributed by atoms with van der Waals surface area (Å²) in [5.41, 5.74) is 2.52. The lowest BCUT2D eigenvalue weighted by Gasteiger charge is -2.38. The lowest BCUT2D eigenvalue weighted by molar-refractivity contribution is -0.140. The molecule has 2 aromatic rings. The highest BCUT2D eigenvalue weighted by molar-refractivity contribution is 7.80. The van der Waals surface area contributed by atoms with E-state index in [0.29, 0.717) is 34.4 Å². The Hall–Kier alpha value is -3.10. The molecule has 1 aliphatic heterocycles. The predicted molar refractivity (Wildman–Crippen MR) is 118 cm³/mol. The second-order valence-electron chi connectivity index (χ2n) is 6.61. The third kappa shape index (κ3) is 4.39. The van der Waals surface area contributed by atoms with Crippen molar-refractivity contribution < 1.29 is 24.1 Å². The predicted octanol–water partition coefficient (Wildman–Crippen LogP) is 3.30. The van der Waals surface area contributed by atoms with Gasteiger partial charge in [-0.1, -0.05) is 24.3 Å². The molecular formula is C22H24N2O5S. The van der Waals surface area contributed by atoms with Crippen LogP contribution >= 0.6 is 12.2 Å². The topological polar surface area (TPSA) is 80.3 Å². The zero-order valence-electron chi connectivity index (χ0n) is 17.0. The van der Waals surface area contributed by atoms with Crippen LogP contribution in [0.1, 0.15) is 18.5 Å². The fourth-order valence-electron chi connectivity index (χ4n) is 3.32. The van der Waals surface area contributed by atoms with E-state index < -0.39 is 12.0 Å². The summed E-state index contributed by atoms with van der Waals surface area (Å²) < 4.78 is 15.9. The summed E-state index contributed by atoms with van der Waals surface area (Å²) in [6.07, 6.45) is 0. The van der Waals surface area contributed by atoms with Gasteiger partial charge in [0.2, 0.25) is 0 Å². The molecule has 0 saturated carbocycles. The van der Waals surface area contributed by atoms with Crippen LogP contribution in [0.2, 0.25) is 0 Å². The molecule has 0 aliphatic carbocycles. The highest BCUT2D eigenvalue weighted by Crippen LogP contribution is 2.38. The van der Waals surface area contributed by atoms with Gasteiger partial charge in [-0.3, -0.25) is 4.90 Å². The summed E-state index contributed by atoms with van der Waals surface area (Å²) in [5.74, 6) is 0.284. The molecule has 2 aromatic carbocycles. The number of methoxy groups -OCH3 is 2. The molecule has 0 radical (unpaired) electrons. The Bertz CT molecular complexity index is 958. The van der Waals surface area contributed by atoms with E-state index in [1.807, 2.05) is 31.2 Å². The molecule has 7 nitrogen and oxygen atoms in total. The number of para-hydroxylation sites is 2. The molecule has 0 bridgehead atoms. The number of nitrogens with zero attached hydrogens (tertiary/aromatic N) is 1. The van der Waals surface area contributed by atoms with Gasteiger partial charge < -0.3 is 24.6 Å². The fraction of sp³-hybridized carbons (Fsp3) is 0.273. The van der Waals surface area contributed by atoms with Crippen molar-refractivity contribution in [2.45, 2.75) is 13.0 Å². The number of hydrogen-bond acceptors (Lipinski definition) is 6. The van der Waals surface area contributed by atoms with Gasteiger partial charge in [0.25, 0.3) is 0 Å². The van der Waals surface area contributed by atoms with Gasteiger partial charge in [-0.05, 0) is 49.0 Å². The standard InChI is InChI=1S/C22H24N2O5S/c1-14-19(21(26)29-13-12-27-2)20(15-8-10-16(25)11-9-15)23-22(30)24(14)17-6-4-5-7-18(17)28-3/h4-11,20,25H,12-13H2,1-3H3,(H,23,30). The van der Waals surface area contributed by atoms with Crippen LogP contribution in [0.3, 0.4) is 0 Å². The number of aromatic hydroxyl groups is 1. The van der Waals surface area contributed by atoms with E-state index in [1.165, 1.54) is 0 Å². The van der Waals surface area contributed by atoms with Gasteiger partial charge in [0.05, 0.1) is 31.0 Å². The van der Waals surface area contributed by atoms with Crippen molar-refractivity contribution in [2.24, 2.45) is 0 Å². The smallest absolute Gasteiger partial charge is 0.338 e. The van der Waals surface area contributed by atoms with Crippen LogP contribution in [-0.4, -0.2) is 43.6 Å². The molecular weight excluding hydrogens is 404 g/mol. The number of hydrogen-bond donors (Lipinski definition) is 2. The third-order valence-electron chi connectivity index (χ3n) is 4.78. The van der Waals surface area contributed by atoms with E-state index in [4.69, 9.17) is 26.4 Å². The number of phenols is 1. The maximum absolute atomic E-state index is 13.0. The Kier molecular flexibility index (Phi) is 6.91. The summed E-state index contributed by atoms with van der Waals surface area (Å²) in [6, 6.07) is 13.5. The van der Waals surface area contributed by atoms with E-state index in [2.05, 4.69) is 5.32 Å². The number of benzene rings is 2. The zero-order chi connectivity index (χ0) is 21.7. The van der Waals surface area contributed by atoms with Crippen LogP contribution in [0, 0.1) is 0 Å². The summed E-state index contributed by atoms with van der Waals surface area (Å²) in [5, 5.41) is 13.3. The second-order valence-corrected chi connectivity index (χ2v) is 7.00. The number of esters is 1. The Balaban J connectivity index is 2.09. The minimum atomic E-state index is -0.529. The van der Waals surface area contributed by atoms with Gasteiger partial charge in [-0.2, -0.15) is 0 Å². The number of thiocarbonyl (C=S) groups is 1. The molecule has 0 amide bonds. The number of carbonyl (C=O) groups is 1. The van der Waals surface area contributed by atoms with Crippen molar-refractivity contribution in [2.75, 3.05) is 32.3 Å². The monoisotopic (exact) mass is 428 g/mol. The molecule has 0 spiro atoms. The van der Waals surface area contributed by atoms with Crippen LogP contribution in [0.15, 0.2) is 59.8 Å². The van der Waals surface area contributed by atoms with Crippen molar-refractivity contribution in [3.63, 3.8) is 0 Å². The van der Waals surface area contributed by atoms with Crippen molar-refractivity contribution >= 4 is 29.0 Å². The van der Waals surface area contributed by atoms with E-state index in [9.17, 15) is 9.90 Å². The number of nitrogens with one attached hydrogen (secondary N) is 1. The minimum absolute atomic E-state index is 0.132. The van der Waals surface area contributed by atoms with Gasteiger partial charge in [0, 0.05) is 12.8 Å². The van der Waals surface area contributed by atoms with Crippen molar-refractivity contribution in [3.8, 4) is 11.5 Å². The average molecular weight is 429 g/mol. The van der Waals surface area contributed by atoms with Crippen LogP contribution < -0.4 is 15.0 Å². The quantitative estimate of drug-likeness (QED) is 0.395. The molecule has 1 atom stereocenters. The summed E-state index contributed by atoms with van der Waals surface area (Å²) in [7, 11) is 3.12. The first kappa shape index (κ1) is 21.6. The molecule has 0 aromatic heterocycles. The molecule has 1 heterocycles. The van der Waals surface area contributed by atoms with Crippen molar-refractivity contribution in [1.82, 2.24) is 5.32 Å². The van der Waals surface area contributed by atoms with Crippen LogP contribution in [-0.2, 0) is 14.3 Å². The highest BCUT2D eigenvalue weighted by Gasteiger charge is 2.36. The van der Waals surface area contributed by atoms with E-state index >= 15 is 0 Å². The second kappa shape index (κ2) is 9.60. The van der Waals surface area contributed by atoms with Gasteiger partial charge in [-0.25, -0.2) is 4.79 Å². The first-order valence-corrected chi connectivity index (χ1v) is 9.78. The average Bonchev–Trinajstić information content (AvgIpc) is 2.74. The van der Waals surface area contributed by atoms with Crippen molar-refractivity contribution in [1.29, 1.82) is 0 Å². The minimum Gasteiger partial charge on any atom is -0.508 e. The number of anilines is 1. The zero-order valence-corrected chi connectivity index (χ0v) is 17.9. The van der Waals surface area contributed by atoms with Gasteiger partial charge >= 0.3 is 5.97 Å². The Labute approximate surface area is 180 Å². The SMILES string of the molecule is COCCOC(=O)C1=C(C)N(c2ccccc2OC)C(=S)NC1c1ccc(O)cc1. The van der Waals surface area contributed by atoms with Crippen LogP contribution in [0.25, 0.3) is 0 Å². The number of ether oxygens (including phenoxy) is 3. The molecule has 158 valence electrons. The molecule has 1 unspecified atom stereocenters. The molecule has 2 N–H and O–H groups in total. The molecule has 0 saturated heterocycles. The van der Waals surface area contributed by atoms with E-state index in [1.54, 1.807) is 43.4 Å². The summed E-state index contributed by atoms with van der Waals surface area (Å²) in [4.78, 5) is 14.8.